The molecule has 0 spiro atoms. The van der Waals surface area contributed by atoms with Crippen LogP contribution < -0.4 is 5.73 Å². The number of nitrogen functional groups attached to an aromatic ring is 1. The highest BCUT2D eigenvalue weighted by Crippen LogP contribution is 2.32. The molecule has 6 heteroatoms. The second-order valence-electron chi connectivity index (χ2n) is 8.55. The molecule has 162 valence electrons. The van der Waals surface area contributed by atoms with E-state index in [-0.39, 0.29) is 11.8 Å². The Bertz CT molecular complexity index is 1280. The number of piperidine rings is 1. The first-order chi connectivity index (χ1) is 15.6. The number of pyridine rings is 1. The summed E-state index contributed by atoms with van der Waals surface area (Å²) in [4.78, 5) is 24.4. The number of rotatable bonds is 4. The van der Waals surface area contributed by atoms with Gasteiger partial charge in [0.25, 0.3) is 5.91 Å². The van der Waals surface area contributed by atoms with Crippen molar-refractivity contribution < 1.29 is 4.79 Å². The van der Waals surface area contributed by atoms with Crippen molar-refractivity contribution >= 4 is 22.5 Å². The molecule has 3 heterocycles. The molecule has 0 unspecified atom stereocenters. The molecule has 0 aliphatic carbocycles. The normalized spacial score (nSPS) is 16.4. The average Bonchev–Trinajstić information content (AvgIpc) is 3.22. The van der Waals surface area contributed by atoms with Crippen LogP contribution in [0.2, 0.25) is 0 Å². The highest BCUT2D eigenvalue weighted by atomic mass is 16.2. The van der Waals surface area contributed by atoms with Crippen LogP contribution in [0.25, 0.3) is 10.9 Å². The Morgan fingerprint density at radius 1 is 1.16 bits per heavy atom. The van der Waals surface area contributed by atoms with Gasteiger partial charge in [-0.25, -0.2) is 4.98 Å². The van der Waals surface area contributed by atoms with E-state index in [0.29, 0.717) is 18.8 Å². The fraction of sp³-hybridized carbons (Fsp3) is 0.269. The summed E-state index contributed by atoms with van der Waals surface area (Å²) in [5.74, 6) is 1.17. The van der Waals surface area contributed by atoms with E-state index in [0.717, 1.165) is 52.9 Å². The molecular weight excluding hydrogens is 398 g/mol. The minimum Gasteiger partial charge on any atom is -0.397 e. The molecule has 2 aromatic heterocycles. The number of likely N-dealkylation sites (tertiary alicyclic amines) is 1. The van der Waals surface area contributed by atoms with Crippen LogP contribution >= 0.6 is 0 Å². The Morgan fingerprint density at radius 2 is 2.03 bits per heavy atom. The number of anilines is 1. The quantitative estimate of drug-likeness (QED) is 0.526. The second kappa shape index (κ2) is 8.46. The minimum atomic E-state index is 0.0678. The van der Waals surface area contributed by atoms with Crippen LogP contribution in [0.15, 0.2) is 67.0 Å². The molecule has 1 atom stereocenters. The first-order valence-electron chi connectivity index (χ1n) is 11.1. The van der Waals surface area contributed by atoms with Crippen LogP contribution in [0, 0.1) is 6.92 Å². The molecule has 0 radical (unpaired) electrons. The van der Waals surface area contributed by atoms with E-state index in [4.69, 9.17) is 10.7 Å². The third kappa shape index (κ3) is 3.96. The zero-order valence-electron chi connectivity index (χ0n) is 18.2. The molecule has 2 aromatic carbocycles. The molecule has 1 aliphatic heterocycles. The smallest absolute Gasteiger partial charge is 0.253 e. The number of para-hydroxylation sites is 1. The third-order valence-electron chi connectivity index (χ3n) is 6.33. The first kappa shape index (κ1) is 20.2. The van der Waals surface area contributed by atoms with Crippen molar-refractivity contribution in [2.75, 3.05) is 18.8 Å². The maximum absolute atomic E-state index is 13.4. The maximum atomic E-state index is 13.4. The van der Waals surface area contributed by atoms with E-state index in [9.17, 15) is 4.79 Å². The summed E-state index contributed by atoms with van der Waals surface area (Å²) in [6.45, 7) is 4.08. The van der Waals surface area contributed by atoms with Gasteiger partial charge in [0, 0.05) is 48.9 Å². The number of imidazole rings is 1. The number of aryl methyl sites for hydroxylation is 1. The molecule has 6 nitrogen and oxygen atoms in total. The van der Waals surface area contributed by atoms with E-state index in [1.54, 1.807) is 6.20 Å². The molecule has 1 saturated heterocycles. The van der Waals surface area contributed by atoms with Gasteiger partial charge in [-0.2, -0.15) is 0 Å². The summed E-state index contributed by atoms with van der Waals surface area (Å²) < 4.78 is 2.08. The monoisotopic (exact) mass is 425 g/mol. The number of amides is 1. The number of fused-ring (bicyclic) bond motifs is 1. The van der Waals surface area contributed by atoms with E-state index < -0.39 is 0 Å². The fourth-order valence-corrected chi connectivity index (χ4v) is 4.61. The minimum absolute atomic E-state index is 0.0678. The average molecular weight is 426 g/mol. The van der Waals surface area contributed by atoms with E-state index in [1.807, 2.05) is 66.6 Å². The summed E-state index contributed by atoms with van der Waals surface area (Å²) in [6.07, 6.45) is 5.68. The molecule has 4 aromatic rings. The SMILES string of the molecule is Cc1nccn1Cc1cccc(C(=O)N2CCC[C@@H](c3nc4ccccc4cc3N)C2)c1. The van der Waals surface area contributed by atoms with E-state index in [1.165, 1.54) is 0 Å². The summed E-state index contributed by atoms with van der Waals surface area (Å²) in [5.41, 5.74) is 10.7. The topological polar surface area (TPSA) is 77.0 Å². The van der Waals surface area contributed by atoms with Gasteiger partial charge in [-0.1, -0.05) is 30.3 Å². The Labute approximate surface area is 187 Å². The summed E-state index contributed by atoms with van der Waals surface area (Å²) >= 11 is 0. The van der Waals surface area contributed by atoms with E-state index >= 15 is 0 Å². The number of benzene rings is 2. The van der Waals surface area contributed by atoms with Gasteiger partial charge in [-0.3, -0.25) is 9.78 Å². The van der Waals surface area contributed by atoms with E-state index in [2.05, 4.69) is 15.6 Å². The molecular formula is C26H27N5O. The van der Waals surface area contributed by atoms with Crippen molar-refractivity contribution in [1.82, 2.24) is 19.4 Å². The summed E-state index contributed by atoms with van der Waals surface area (Å²) in [6, 6.07) is 17.9. The maximum Gasteiger partial charge on any atom is 0.253 e. The standard InChI is InChI=1S/C26H27N5O/c1-18-28-11-13-30(18)16-19-6-4-8-21(14-19)26(32)31-12-5-9-22(17-31)25-23(27)15-20-7-2-3-10-24(20)29-25/h2-4,6-8,10-11,13-15,22H,5,9,12,16-17,27H2,1H3/t22-/m1/s1. The predicted molar refractivity (Wildman–Crippen MR) is 127 cm³/mol. The van der Waals surface area contributed by atoms with Crippen molar-refractivity contribution in [1.29, 1.82) is 0 Å². The largest absolute Gasteiger partial charge is 0.397 e. The zero-order valence-corrected chi connectivity index (χ0v) is 18.2. The molecule has 32 heavy (non-hydrogen) atoms. The van der Waals surface area contributed by atoms with Crippen LogP contribution in [-0.2, 0) is 6.54 Å². The lowest BCUT2D eigenvalue weighted by atomic mass is 9.92. The number of carbonyl (C=O) groups is 1. The molecule has 0 saturated carbocycles. The number of hydrogen-bond acceptors (Lipinski definition) is 4. The Hall–Kier alpha value is -3.67. The second-order valence-corrected chi connectivity index (χ2v) is 8.55. The molecule has 1 amide bonds. The van der Waals surface area contributed by atoms with Crippen molar-refractivity contribution in [3.8, 4) is 0 Å². The summed E-state index contributed by atoms with van der Waals surface area (Å²) in [7, 11) is 0. The van der Waals surface area contributed by atoms with Gasteiger partial charge >= 0.3 is 0 Å². The predicted octanol–water partition coefficient (Wildman–Crippen LogP) is 4.39. The zero-order chi connectivity index (χ0) is 22.1. The van der Waals surface area contributed by atoms with Gasteiger partial charge in [-0.05, 0) is 49.6 Å². The van der Waals surface area contributed by atoms with Gasteiger partial charge in [0.2, 0.25) is 0 Å². The third-order valence-corrected chi connectivity index (χ3v) is 6.33. The van der Waals surface area contributed by atoms with Crippen LogP contribution in [0.5, 0.6) is 0 Å². The number of carbonyl (C=O) groups excluding carboxylic acids is 1. The Morgan fingerprint density at radius 3 is 2.88 bits per heavy atom. The molecule has 1 fully saturated rings. The molecule has 2 N–H and O–H groups in total. The lowest BCUT2D eigenvalue weighted by molar-refractivity contribution is 0.0706. The highest BCUT2D eigenvalue weighted by Gasteiger charge is 2.28. The van der Waals surface area contributed by atoms with Gasteiger partial charge in [0.15, 0.2) is 0 Å². The van der Waals surface area contributed by atoms with Gasteiger partial charge in [0.1, 0.15) is 5.82 Å². The lowest BCUT2D eigenvalue weighted by Gasteiger charge is -2.33. The van der Waals surface area contributed by atoms with Crippen LogP contribution in [-0.4, -0.2) is 38.4 Å². The van der Waals surface area contributed by atoms with Gasteiger partial charge in [0.05, 0.1) is 16.9 Å². The number of nitrogens with two attached hydrogens (primary N) is 1. The number of hydrogen-bond donors (Lipinski definition) is 1. The van der Waals surface area contributed by atoms with Crippen molar-refractivity contribution in [3.05, 3.63) is 89.6 Å². The first-order valence-corrected chi connectivity index (χ1v) is 11.1. The molecule has 5 rings (SSSR count). The Balaban J connectivity index is 1.36. The van der Waals surface area contributed by atoms with Crippen LogP contribution in [0.3, 0.4) is 0 Å². The van der Waals surface area contributed by atoms with Crippen LogP contribution in [0.4, 0.5) is 5.69 Å². The highest BCUT2D eigenvalue weighted by molar-refractivity contribution is 5.94. The van der Waals surface area contributed by atoms with Gasteiger partial charge in [-0.15, -0.1) is 0 Å². The number of aromatic nitrogens is 3. The van der Waals surface area contributed by atoms with Gasteiger partial charge < -0.3 is 15.2 Å². The number of nitrogens with zero attached hydrogens (tertiary/aromatic N) is 4. The van der Waals surface area contributed by atoms with Crippen molar-refractivity contribution in [2.45, 2.75) is 32.2 Å². The Kier molecular flexibility index (Phi) is 5.35. The summed E-state index contributed by atoms with van der Waals surface area (Å²) in [5, 5.41) is 1.04. The molecule has 0 bridgehead atoms. The fourth-order valence-electron chi connectivity index (χ4n) is 4.61. The van der Waals surface area contributed by atoms with Crippen LogP contribution in [0.1, 0.15) is 46.2 Å². The molecule has 1 aliphatic rings. The lowest BCUT2D eigenvalue weighted by Crippen LogP contribution is -2.39. The van der Waals surface area contributed by atoms with Crippen molar-refractivity contribution in [3.63, 3.8) is 0 Å². The van der Waals surface area contributed by atoms with Crippen molar-refractivity contribution in [2.24, 2.45) is 0 Å².